The van der Waals surface area contributed by atoms with E-state index < -0.39 is 0 Å². The Kier molecular flexibility index (Phi) is 4.53. The average molecular weight is 447 g/mol. The summed E-state index contributed by atoms with van der Waals surface area (Å²) in [4.78, 5) is 0. The molecule has 0 amide bonds. The molecule has 1 nitrogen and oxygen atoms in total. The van der Waals surface area contributed by atoms with Gasteiger partial charge in [0, 0.05) is 10.9 Å². The third kappa shape index (κ3) is 3.33. The molecule has 164 valence electrons. The third-order valence-electron chi connectivity index (χ3n) is 6.86. The van der Waals surface area contributed by atoms with Gasteiger partial charge in [-0.2, -0.15) is 0 Å². The van der Waals surface area contributed by atoms with Gasteiger partial charge in [-0.25, -0.2) is 0 Å². The van der Waals surface area contributed by atoms with E-state index in [1.807, 2.05) is 12.1 Å². The molecule has 7 rings (SSSR count). The molecular weight excluding hydrogens is 424 g/mol. The second-order valence-electron chi connectivity index (χ2n) is 8.97. The van der Waals surface area contributed by atoms with E-state index >= 15 is 0 Å². The minimum atomic E-state index is 0.888. The molecule has 35 heavy (non-hydrogen) atoms. The molecule has 0 atom stereocenters. The van der Waals surface area contributed by atoms with Gasteiger partial charge in [0.05, 0.1) is 0 Å². The summed E-state index contributed by atoms with van der Waals surface area (Å²) in [5, 5.41) is 6.09. The lowest BCUT2D eigenvalue weighted by Gasteiger charge is -2.17. The fourth-order valence-electron chi connectivity index (χ4n) is 5.19. The van der Waals surface area contributed by atoms with E-state index in [1.54, 1.807) is 0 Å². The number of furan rings is 1. The Bertz CT molecular complexity index is 1810. The highest BCUT2D eigenvalue weighted by molar-refractivity contribution is 6.11. The monoisotopic (exact) mass is 446 g/mol. The lowest BCUT2D eigenvalue weighted by molar-refractivity contribution is 0.632. The first-order valence-electron chi connectivity index (χ1n) is 11.9. The molecule has 0 spiro atoms. The molecule has 1 aromatic heterocycles. The van der Waals surface area contributed by atoms with Crippen LogP contribution in [-0.4, -0.2) is 0 Å². The molecule has 1 heterocycles. The molecule has 0 aliphatic heterocycles. The largest absolute Gasteiger partial charge is 0.456 e. The van der Waals surface area contributed by atoms with Crippen molar-refractivity contribution in [1.82, 2.24) is 0 Å². The van der Waals surface area contributed by atoms with E-state index in [2.05, 4.69) is 121 Å². The Morgan fingerprint density at radius 3 is 1.86 bits per heavy atom. The van der Waals surface area contributed by atoms with Crippen LogP contribution in [0.1, 0.15) is 0 Å². The molecule has 0 aliphatic carbocycles. The Balaban J connectivity index is 1.58. The van der Waals surface area contributed by atoms with Crippen LogP contribution < -0.4 is 0 Å². The van der Waals surface area contributed by atoms with Crippen molar-refractivity contribution in [3.8, 4) is 33.6 Å². The maximum absolute atomic E-state index is 6.34. The molecule has 0 aliphatic rings. The first kappa shape index (κ1) is 19.8. The summed E-state index contributed by atoms with van der Waals surface area (Å²) >= 11 is 0. The zero-order valence-electron chi connectivity index (χ0n) is 19.1. The Morgan fingerprint density at radius 1 is 0.400 bits per heavy atom. The second-order valence-corrected chi connectivity index (χ2v) is 8.97. The molecule has 7 aromatic rings. The van der Waals surface area contributed by atoms with Crippen molar-refractivity contribution in [2.75, 3.05) is 0 Å². The van der Waals surface area contributed by atoms with Crippen LogP contribution in [0.4, 0.5) is 0 Å². The lowest BCUT2D eigenvalue weighted by Crippen LogP contribution is -1.91. The van der Waals surface area contributed by atoms with Gasteiger partial charge >= 0.3 is 0 Å². The maximum atomic E-state index is 6.34. The Labute approximate surface area is 203 Å². The SMILES string of the molecule is c1ccc(-c2ccc3cc4ccccc4cc3c2-c2ccccc2-c2cc3ccccc3o2)cc1. The number of fused-ring (bicyclic) bond motifs is 3. The summed E-state index contributed by atoms with van der Waals surface area (Å²) in [7, 11) is 0. The summed E-state index contributed by atoms with van der Waals surface area (Å²) in [5.74, 6) is 0.888. The summed E-state index contributed by atoms with van der Waals surface area (Å²) in [6, 6.07) is 47.3. The molecule has 0 fully saturated rings. The Morgan fingerprint density at radius 2 is 1.06 bits per heavy atom. The molecule has 0 saturated carbocycles. The number of benzene rings is 6. The van der Waals surface area contributed by atoms with Crippen LogP contribution in [-0.2, 0) is 0 Å². The fourth-order valence-corrected chi connectivity index (χ4v) is 5.19. The van der Waals surface area contributed by atoms with Crippen molar-refractivity contribution >= 4 is 32.5 Å². The van der Waals surface area contributed by atoms with Gasteiger partial charge in [-0.15, -0.1) is 0 Å². The van der Waals surface area contributed by atoms with Gasteiger partial charge in [-0.3, -0.25) is 0 Å². The maximum Gasteiger partial charge on any atom is 0.136 e. The molecule has 0 N–H and O–H groups in total. The van der Waals surface area contributed by atoms with Gasteiger partial charge in [0.25, 0.3) is 0 Å². The zero-order valence-corrected chi connectivity index (χ0v) is 19.1. The molecule has 0 radical (unpaired) electrons. The molecule has 0 unspecified atom stereocenters. The van der Waals surface area contributed by atoms with Gasteiger partial charge in [-0.05, 0) is 68.1 Å². The van der Waals surface area contributed by atoms with E-state index in [-0.39, 0.29) is 0 Å². The van der Waals surface area contributed by atoms with Crippen LogP contribution >= 0.6 is 0 Å². The summed E-state index contributed by atoms with van der Waals surface area (Å²) < 4.78 is 6.34. The van der Waals surface area contributed by atoms with Gasteiger partial charge in [0.1, 0.15) is 11.3 Å². The van der Waals surface area contributed by atoms with E-state index in [0.717, 1.165) is 22.3 Å². The topological polar surface area (TPSA) is 13.1 Å². The van der Waals surface area contributed by atoms with E-state index in [1.165, 1.54) is 43.8 Å². The predicted molar refractivity (Wildman–Crippen MR) is 148 cm³/mol. The standard InChI is InChI=1S/C34H22O/c1-2-10-23(11-3-1)28-19-18-26-20-24-12-4-5-13-25(24)21-31(26)34(28)30-16-8-7-15-29(30)33-22-27-14-6-9-17-32(27)35-33/h1-22H. The quantitative estimate of drug-likeness (QED) is 0.246. The molecule has 6 aromatic carbocycles. The number of hydrogen-bond donors (Lipinski definition) is 0. The molecule has 1 heteroatoms. The highest BCUT2D eigenvalue weighted by Gasteiger charge is 2.18. The van der Waals surface area contributed by atoms with Crippen molar-refractivity contribution in [2.45, 2.75) is 0 Å². The number of hydrogen-bond acceptors (Lipinski definition) is 1. The van der Waals surface area contributed by atoms with E-state index in [0.29, 0.717) is 0 Å². The van der Waals surface area contributed by atoms with Crippen LogP contribution in [0.25, 0.3) is 66.1 Å². The first-order chi connectivity index (χ1) is 17.3. The third-order valence-corrected chi connectivity index (χ3v) is 6.86. The summed E-state index contributed by atoms with van der Waals surface area (Å²) in [6.07, 6.45) is 0. The van der Waals surface area contributed by atoms with Crippen molar-refractivity contribution < 1.29 is 4.42 Å². The highest BCUT2D eigenvalue weighted by Crippen LogP contribution is 2.44. The van der Waals surface area contributed by atoms with Crippen LogP contribution in [0.15, 0.2) is 138 Å². The molecular formula is C34H22O. The number of para-hydroxylation sites is 1. The highest BCUT2D eigenvalue weighted by atomic mass is 16.3. The van der Waals surface area contributed by atoms with Gasteiger partial charge in [0.2, 0.25) is 0 Å². The smallest absolute Gasteiger partial charge is 0.136 e. The second kappa shape index (κ2) is 8.00. The van der Waals surface area contributed by atoms with E-state index in [4.69, 9.17) is 4.42 Å². The van der Waals surface area contributed by atoms with Crippen LogP contribution in [0, 0.1) is 0 Å². The van der Waals surface area contributed by atoms with E-state index in [9.17, 15) is 0 Å². The van der Waals surface area contributed by atoms with Crippen LogP contribution in [0.2, 0.25) is 0 Å². The summed E-state index contributed by atoms with van der Waals surface area (Å²) in [5.41, 5.74) is 6.83. The lowest BCUT2D eigenvalue weighted by atomic mass is 9.86. The molecule has 0 saturated heterocycles. The van der Waals surface area contributed by atoms with Crippen molar-refractivity contribution in [1.29, 1.82) is 0 Å². The average Bonchev–Trinajstić information content (AvgIpc) is 3.36. The van der Waals surface area contributed by atoms with Crippen molar-refractivity contribution in [2.24, 2.45) is 0 Å². The minimum Gasteiger partial charge on any atom is -0.456 e. The Hall–Kier alpha value is -4.62. The van der Waals surface area contributed by atoms with Gasteiger partial charge in [0.15, 0.2) is 0 Å². The predicted octanol–water partition coefficient (Wildman–Crippen LogP) is 9.74. The van der Waals surface area contributed by atoms with Crippen LogP contribution in [0.5, 0.6) is 0 Å². The normalized spacial score (nSPS) is 11.4. The van der Waals surface area contributed by atoms with Gasteiger partial charge in [-0.1, -0.05) is 109 Å². The van der Waals surface area contributed by atoms with Crippen molar-refractivity contribution in [3.05, 3.63) is 133 Å². The first-order valence-corrected chi connectivity index (χ1v) is 11.9. The zero-order chi connectivity index (χ0) is 23.2. The molecule has 0 bridgehead atoms. The minimum absolute atomic E-state index is 0.888. The number of rotatable bonds is 3. The van der Waals surface area contributed by atoms with Gasteiger partial charge < -0.3 is 4.42 Å². The van der Waals surface area contributed by atoms with Crippen molar-refractivity contribution in [3.63, 3.8) is 0 Å². The summed E-state index contributed by atoms with van der Waals surface area (Å²) in [6.45, 7) is 0. The van der Waals surface area contributed by atoms with Crippen LogP contribution in [0.3, 0.4) is 0 Å². The fraction of sp³-hybridized carbons (Fsp3) is 0.